The van der Waals surface area contributed by atoms with Crippen LogP contribution in [0.5, 0.6) is 5.88 Å². The van der Waals surface area contributed by atoms with Crippen molar-refractivity contribution < 1.29 is 13.5 Å². The van der Waals surface area contributed by atoms with Gasteiger partial charge in [0.15, 0.2) is 0 Å². The number of nitrogens with zero attached hydrogens (tertiary/aromatic N) is 2. The highest BCUT2D eigenvalue weighted by atomic mass is 19.3. The molecule has 0 saturated heterocycles. The standard InChI is InChI=1S/C6H8F2N2O/c1-2-10-5(3-4-9-10)11-6(7)8/h3-4,6H,2H2,1H3. The predicted octanol–water partition coefficient (Wildman–Crippen LogP) is 1.50. The molecule has 62 valence electrons. The van der Waals surface area contributed by atoms with Crippen molar-refractivity contribution in [3.05, 3.63) is 12.3 Å². The Morgan fingerprint density at radius 3 is 3.00 bits per heavy atom. The Bertz CT molecular complexity index is 224. The highest BCUT2D eigenvalue weighted by Gasteiger charge is 2.07. The topological polar surface area (TPSA) is 27.1 Å². The Hall–Kier alpha value is -1.13. The number of aromatic nitrogens is 2. The molecule has 0 aliphatic heterocycles. The zero-order chi connectivity index (χ0) is 8.27. The maximum absolute atomic E-state index is 11.7. The largest absolute Gasteiger partial charge is 0.417 e. The fraction of sp³-hybridized carbons (Fsp3) is 0.500. The van der Waals surface area contributed by atoms with Crippen molar-refractivity contribution >= 4 is 0 Å². The molecule has 3 nitrogen and oxygen atoms in total. The summed E-state index contributed by atoms with van der Waals surface area (Å²) in [5.74, 6) is 0.0995. The number of rotatable bonds is 3. The van der Waals surface area contributed by atoms with Gasteiger partial charge in [0.1, 0.15) is 0 Å². The van der Waals surface area contributed by atoms with Gasteiger partial charge >= 0.3 is 6.61 Å². The van der Waals surface area contributed by atoms with Crippen molar-refractivity contribution in [2.75, 3.05) is 0 Å². The van der Waals surface area contributed by atoms with E-state index in [0.717, 1.165) is 0 Å². The molecule has 0 spiro atoms. The van der Waals surface area contributed by atoms with Crippen LogP contribution in [0.4, 0.5) is 8.78 Å². The third-order valence-electron chi connectivity index (χ3n) is 1.19. The maximum Gasteiger partial charge on any atom is 0.388 e. The van der Waals surface area contributed by atoms with Crippen LogP contribution in [0, 0.1) is 0 Å². The van der Waals surface area contributed by atoms with E-state index in [-0.39, 0.29) is 5.88 Å². The average Bonchev–Trinajstić information content (AvgIpc) is 2.34. The molecule has 5 heteroatoms. The molecule has 11 heavy (non-hydrogen) atoms. The van der Waals surface area contributed by atoms with Crippen molar-refractivity contribution in [1.82, 2.24) is 9.78 Å². The van der Waals surface area contributed by atoms with Gasteiger partial charge in [-0.05, 0) is 6.92 Å². The number of hydrogen-bond donors (Lipinski definition) is 0. The van der Waals surface area contributed by atoms with E-state index >= 15 is 0 Å². The molecule has 0 aromatic carbocycles. The van der Waals surface area contributed by atoms with Gasteiger partial charge in [0, 0.05) is 12.6 Å². The van der Waals surface area contributed by atoms with Crippen LogP contribution in [0.15, 0.2) is 12.3 Å². The Kier molecular flexibility index (Phi) is 2.40. The first-order chi connectivity index (χ1) is 5.24. The van der Waals surface area contributed by atoms with Crippen molar-refractivity contribution in [3.63, 3.8) is 0 Å². The summed E-state index contributed by atoms with van der Waals surface area (Å²) in [5.41, 5.74) is 0. The van der Waals surface area contributed by atoms with Crippen molar-refractivity contribution in [1.29, 1.82) is 0 Å². The monoisotopic (exact) mass is 162 g/mol. The van der Waals surface area contributed by atoms with Crippen LogP contribution in [-0.4, -0.2) is 16.4 Å². The number of hydrogen-bond acceptors (Lipinski definition) is 2. The van der Waals surface area contributed by atoms with Gasteiger partial charge in [-0.1, -0.05) is 0 Å². The molecule has 0 unspecified atom stereocenters. The summed E-state index contributed by atoms with van der Waals surface area (Å²) in [4.78, 5) is 0. The first-order valence-corrected chi connectivity index (χ1v) is 3.20. The lowest BCUT2D eigenvalue weighted by Gasteiger charge is -2.04. The summed E-state index contributed by atoms with van der Waals surface area (Å²) in [6.45, 7) is -0.461. The minimum absolute atomic E-state index is 0.0995. The Morgan fingerprint density at radius 1 is 1.73 bits per heavy atom. The van der Waals surface area contributed by atoms with Crippen molar-refractivity contribution in [2.45, 2.75) is 20.1 Å². The molecule has 0 bridgehead atoms. The van der Waals surface area contributed by atoms with Crippen LogP contribution in [0.1, 0.15) is 6.92 Å². The smallest absolute Gasteiger partial charge is 0.388 e. The molecule has 1 rings (SSSR count). The number of alkyl halides is 2. The number of ether oxygens (including phenoxy) is 1. The molecular formula is C6H8F2N2O. The van der Waals surface area contributed by atoms with Gasteiger partial charge in [-0.3, -0.25) is 0 Å². The van der Waals surface area contributed by atoms with E-state index < -0.39 is 6.61 Å². The van der Waals surface area contributed by atoms with Gasteiger partial charge in [-0.15, -0.1) is 0 Å². The first-order valence-electron chi connectivity index (χ1n) is 3.20. The second-order valence-corrected chi connectivity index (χ2v) is 1.86. The summed E-state index contributed by atoms with van der Waals surface area (Å²) in [6.07, 6.45) is 1.42. The average molecular weight is 162 g/mol. The van der Waals surface area contributed by atoms with Gasteiger partial charge in [0.05, 0.1) is 6.20 Å². The molecule has 0 fully saturated rings. The van der Waals surface area contributed by atoms with E-state index in [1.165, 1.54) is 16.9 Å². The molecule has 0 amide bonds. The van der Waals surface area contributed by atoms with Gasteiger partial charge < -0.3 is 4.74 Å². The predicted molar refractivity (Wildman–Crippen MR) is 34.5 cm³/mol. The molecule has 1 aromatic rings. The molecule has 0 aliphatic rings. The van der Waals surface area contributed by atoms with E-state index in [9.17, 15) is 8.78 Å². The molecule has 0 atom stereocenters. The number of aryl methyl sites for hydroxylation is 1. The molecular weight excluding hydrogens is 154 g/mol. The summed E-state index contributed by atoms with van der Waals surface area (Å²) >= 11 is 0. The molecule has 0 saturated carbocycles. The van der Waals surface area contributed by atoms with Crippen molar-refractivity contribution in [3.8, 4) is 5.88 Å². The fourth-order valence-electron chi connectivity index (χ4n) is 0.749. The van der Waals surface area contributed by atoms with Gasteiger partial charge in [-0.2, -0.15) is 13.9 Å². The summed E-state index contributed by atoms with van der Waals surface area (Å²) in [7, 11) is 0. The van der Waals surface area contributed by atoms with Crippen LogP contribution in [0.25, 0.3) is 0 Å². The fourth-order valence-corrected chi connectivity index (χ4v) is 0.749. The summed E-state index contributed by atoms with van der Waals surface area (Å²) < 4.78 is 28.8. The van der Waals surface area contributed by atoms with E-state index in [1.807, 2.05) is 0 Å². The summed E-state index contributed by atoms with van der Waals surface area (Å²) in [6, 6.07) is 1.40. The van der Waals surface area contributed by atoms with Crippen LogP contribution in [0.3, 0.4) is 0 Å². The number of halogens is 2. The molecule has 1 aromatic heterocycles. The Labute approximate surface area is 62.6 Å². The lowest BCUT2D eigenvalue weighted by atomic mass is 10.6. The van der Waals surface area contributed by atoms with E-state index in [0.29, 0.717) is 6.54 Å². The van der Waals surface area contributed by atoms with Gasteiger partial charge in [0.25, 0.3) is 0 Å². The highest BCUT2D eigenvalue weighted by molar-refractivity contribution is 5.07. The SMILES string of the molecule is CCn1nccc1OC(F)F. The van der Waals surface area contributed by atoms with Crippen molar-refractivity contribution in [2.24, 2.45) is 0 Å². The van der Waals surface area contributed by atoms with Gasteiger partial charge in [-0.25, -0.2) is 4.68 Å². The maximum atomic E-state index is 11.7. The lowest BCUT2D eigenvalue weighted by molar-refractivity contribution is -0.0557. The third-order valence-corrected chi connectivity index (χ3v) is 1.19. The van der Waals surface area contributed by atoms with Crippen LogP contribution in [-0.2, 0) is 6.54 Å². The van der Waals surface area contributed by atoms with Crippen LogP contribution < -0.4 is 4.74 Å². The minimum atomic E-state index is -2.78. The Balaban J connectivity index is 2.68. The van der Waals surface area contributed by atoms with E-state index in [4.69, 9.17) is 0 Å². The second kappa shape index (κ2) is 3.32. The first kappa shape index (κ1) is 7.97. The van der Waals surface area contributed by atoms with Crippen LogP contribution in [0.2, 0.25) is 0 Å². The molecule has 0 radical (unpaired) electrons. The minimum Gasteiger partial charge on any atom is -0.417 e. The lowest BCUT2D eigenvalue weighted by Crippen LogP contribution is -2.07. The third kappa shape index (κ3) is 1.89. The zero-order valence-corrected chi connectivity index (χ0v) is 6.00. The Morgan fingerprint density at radius 2 is 2.45 bits per heavy atom. The van der Waals surface area contributed by atoms with Gasteiger partial charge in [0.2, 0.25) is 5.88 Å². The van der Waals surface area contributed by atoms with E-state index in [2.05, 4.69) is 9.84 Å². The second-order valence-electron chi connectivity index (χ2n) is 1.86. The van der Waals surface area contributed by atoms with Crippen LogP contribution >= 0.6 is 0 Å². The highest BCUT2D eigenvalue weighted by Crippen LogP contribution is 2.11. The molecule has 0 N–H and O–H groups in total. The van der Waals surface area contributed by atoms with E-state index in [1.54, 1.807) is 6.92 Å². The zero-order valence-electron chi connectivity index (χ0n) is 6.00. The summed E-state index contributed by atoms with van der Waals surface area (Å²) in [5, 5.41) is 3.75. The molecule has 1 heterocycles. The molecule has 0 aliphatic carbocycles. The normalized spacial score (nSPS) is 10.5. The quantitative estimate of drug-likeness (QED) is 0.673.